The minimum absolute atomic E-state index is 0. The second kappa shape index (κ2) is 6.59. The fraction of sp³-hybridized carbons (Fsp3) is 0.250. The van der Waals surface area contributed by atoms with Gasteiger partial charge in [0.05, 0.1) is 18.3 Å². The minimum atomic E-state index is 0. The van der Waals surface area contributed by atoms with Gasteiger partial charge in [-0.05, 0) is 12.1 Å². The molecule has 64 valence electrons. The summed E-state index contributed by atoms with van der Waals surface area (Å²) in [6.07, 6.45) is 1.74. The van der Waals surface area contributed by atoms with Gasteiger partial charge in [-0.1, -0.05) is 6.07 Å². The highest BCUT2D eigenvalue weighted by Crippen LogP contribution is 1.90. The van der Waals surface area contributed by atoms with Crippen LogP contribution in [0.1, 0.15) is 5.69 Å². The van der Waals surface area contributed by atoms with Gasteiger partial charge in [0.2, 0.25) is 0 Å². The number of nitrogens with one attached hydrogen (secondary N) is 1. The number of pyridine rings is 1. The van der Waals surface area contributed by atoms with Gasteiger partial charge in [0.15, 0.2) is 0 Å². The van der Waals surface area contributed by atoms with E-state index in [2.05, 4.69) is 10.3 Å². The first-order valence-electron chi connectivity index (χ1n) is 3.41. The van der Waals surface area contributed by atoms with Crippen LogP contribution in [0.25, 0.3) is 0 Å². The Balaban J connectivity index is 0.00000121. The van der Waals surface area contributed by atoms with Crippen molar-refractivity contribution in [2.24, 2.45) is 0 Å². The van der Waals surface area contributed by atoms with Crippen LogP contribution in [-0.2, 0) is 6.54 Å². The largest absolute Gasteiger partial charge is 0.299 e. The first kappa shape index (κ1) is 10.9. The maximum Gasteiger partial charge on any atom is 0.0844 e. The predicted molar refractivity (Wildman–Crippen MR) is 48.8 cm³/mol. The molecular formula is C8H10ClN3. The normalized spacial score (nSPS) is 8.25. The molecular weight excluding hydrogens is 174 g/mol. The zero-order chi connectivity index (χ0) is 7.94. The van der Waals surface area contributed by atoms with Crippen molar-refractivity contribution in [1.82, 2.24) is 10.3 Å². The van der Waals surface area contributed by atoms with E-state index in [4.69, 9.17) is 5.26 Å². The number of hydrogen-bond donors (Lipinski definition) is 1. The SMILES string of the molecule is Cl.N#CCNCc1ccccn1. The summed E-state index contributed by atoms with van der Waals surface area (Å²) in [5.41, 5.74) is 0.961. The van der Waals surface area contributed by atoms with Crippen LogP contribution in [0, 0.1) is 11.3 Å². The molecule has 4 heteroatoms. The number of halogens is 1. The van der Waals surface area contributed by atoms with E-state index in [1.54, 1.807) is 6.20 Å². The van der Waals surface area contributed by atoms with Crippen molar-refractivity contribution < 1.29 is 0 Å². The molecule has 1 N–H and O–H groups in total. The maximum absolute atomic E-state index is 8.21. The van der Waals surface area contributed by atoms with E-state index in [0.717, 1.165) is 5.69 Å². The fourth-order valence-corrected chi connectivity index (χ4v) is 0.749. The van der Waals surface area contributed by atoms with E-state index in [1.165, 1.54) is 0 Å². The molecule has 1 heterocycles. The Hall–Kier alpha value is -1.11. The molecule has 0 fully saturated rings. The van der Waals surface area contributed by atoms with Gasteiger partial charge in [0.1, 0.15) is 0 Å². The molecule has 3 nitrogen and oxygen atoms in total. The predicted octanol–water partition coefficient (Wildman–Crippen LogP) is 1.12. The van der Waals surface area contributed by atoms with Crippen LogP contribution in [0.5, 0.6) is 0 Å². The van der Waals surface area contributed by atoms with Crippen molar-refractivity contribution in [2.45, 2.75) is 6.54 Å². The fourth-order valence-electron chi connectivity index (χ4n) is 0.749. The molecule has 1 aromatic heterocycles. The van der Waals surface area contributed by atoms with Gasteiger partial charge in [0.25, 0.3) is 0 Å². The van der Waals surface area contributed by atoms with Crippen LogP contribution in [0.2, 0.25) is 0 Å². The Morgan fingerprint density at radius 2 is 2.33 bits per heavy atom. The third-order valence-corrected chi connectivity index (χ3v) is 1.24. The van der Waals surface area contributed by atoms with Gasteiger partial charge < -0.3 is 0 Å². The first-order valence-corrected chi connectivity index (χ1v) is 3.41. The standard InChI is InChI=1S/C8H9N3.ClH/c9-4-6-10-7-8-3-1-2-5-11-8;/h1-3,5,10H,6-7H2;1H. The van der Waals surface area contributed by atoms with Crippen molar-refractivity contribution in [3.63, 3.8) is 0 Å². The lowest BCUT2D eigenvalue weighted by Gasteiger charge is -1.97. The van der Waals surface area contributed by atoms with Crippen LogP contribution in [0.3, 0.4) is 0 Å². The van der Waals surface area contributed by atoms with Crippen molar-refractivity contribution in [2.75, 3.05) is 6.54 Å². The van der Waals surface area contributed by atoms with Crippen LogP contribution in [0.4, 0.5) is 0 Å². The second-order valence-corrected chi connectivity index (χ2v) is 2.08. The second-order valence-electron chi connectivity index (χ2n) is 2.08. The molecule has 1 rings (SSSR count). The quantitative estimate of drug-likeness (QED) is 0.564. The molecule has 0 aliphatic carbocycles. The molecule has 1 aromatic rings. The lowest BCUT2D eigenvalue weighted by Crippen LogP contribution is -2.13. The molecule has 0 aliphatic rings. The number of nitriles is 1. The topological polar surface area (TPSA) is 48.7 Å². The summed E-state index contributed by atoms with van der Waals surface area (Å²) >= 11 is 0. The van der Waals surface area contributed by atoms with Crippen molar-refractivity contribution in [3.8, 4) is 6.07 Å². The highest BCUT2D eigenvalue weighted by Gasteiger charge is 1.89. The highest BCUT2D eigenvalue weighted by molar-refractivity contribution is 5.85. The average Bonchev–Trinajstić information content (AvgIpc) is 2.07. The van der Waals surface area contributed by atoms with E-state index >= 15 is 0 Å². The highest BCUT2D eigenvalue weighted by atomic mass is 35.5. The van der Waals surface area contributed by atoms with Crippen LogP contribution >= 0.6 is 12.4 Å². The Labute approximate surface area is 77.8 Å². The molecule has 0 amide bonds. The minimum Gasteiger partial charge on any atom is -0.299 e. The summed E-state index contributed by atoms with van der Waals surface area (Å²) in [6.45, 7) is 1.03. The van der Waals surface area contributed by atoms with E-state index in [0.29, 0.717) is 13.1 Å². The number of aromatic nitrogens is 1. The van der Waals surface area contributed by atoms with Gasteiger partial charge in [0, 0.05) is 12.7 Å². The lowest BCUT2D eigenvalue weighted by molar-refractivity contribution is 0.745. The summed E-state index contributed by atoms with van der Waals surface area (Å²) in [6, 6.07) is 7.72. The van der Waals surface area contributed by atoms with Crippen LogP contribution < -0.4 is 5.32 Å². The molecule has 0 saturated heterocycles. The molecule has 0 aromatic carbocycles. The Morgan fingerprint density at radius 3 is 2.92 bits per heavy atom. The van der Waals surface area contributed by atoms with Gasteiger partial charge in [-0.15, -0.1) is 12.4 Å². The summed E-state index contributed by atoms with van der Waals surface area (Å²) < 4.78 is 0. The summed E-state index contributed by atoms with van der Waals surface area (Å²) in [7, 11) is 0. The Morgan fingerprint density at radius 1 is 1.50 bits per heavy atom. The number of rotatable bonds is 3. The maximum atomic E-state index is 8.21. The molecule has 0 radical (unpaired) electrons. The Kier molecular flexibility index (Phi) is 5.98. The smallest absolute Gasteiger partial charge is 0.0844 e. The van der Waals surface area contributed by atoms with Crippen LogP contribution in [0.15, 0.2) is 24.4 Å². The summed E-state index contributed by atoms with van der Waals surface area (Å²) in [5, 5.41) is 11.1. The molecule has 0 saturated carbocycles. The Bertz CT molecular complexity index is 242. The first-order chi connectivity index (χ1) is 5.43. The lowest BCUT2D eigenvalue weighted by atomic mass is 10.3. The van der Waals surface area contributed by atoms with Crippen molar-refractivity contribution >= 4 is 12.4 Å². The molecule has 12 heavy (non-hydrogen) atoms. The van der Waals surface area contributed by atoms with E-state index in [-0.39, 0.29) is 12.4 Å². The monoisotopic (exact) mass is 183 g/mol. The van der Waals surface area contributed by atoms with E-state index in [9.17, 15) is 0 Å². The summed E-state index contributed by atoms with van der Waals surface area (Å²) in [5.74, 6) is 0. The third-order valence-electron chi connectivity index (χ3n) is 1.24. The molecule has 0 atom stereocenters. The van der Waals surface area contributed by atoms with Gasteiger partial charge in [-0.3, -0.25) is 10.3 Å². The zero-order valence-electron chi connectivity index (χ0n) is 6.53. The van der Waals surface area contributed by atoms with Crippen molar-refractivity contribution in [1.29, 1.82) is 5.26 Å². The van der Waals surface area contributed by atoms with E-state index in [1.807, 2.05) is 24.3 Å². The van der Waals surface area contributed by atoms with Gasteiger partial charge in [-0.2, -0.15) is 5.26 Å². The zero-order valence-corrected chi connectivity index (χ0v) is 7.34. The van der Waals surface area contributed by atoms with Crippen LogP contribution in [-0.4, -0.2) is 11.5 Å². The number of nitrogens with zero attached hydrogens (tertiary/aromatic N) is 2. The van der Waals surface area contributed by atoms with E-state index < -0.39 is 0 Å². The average molecular weight is 184 g/mol. The molecule has 0 aliphatic heterocycles. The summed E-state index contributed by atoms with van der Waals surface area (Å²) in [4.78, 5) is 4.08. The van der Waals surface area contributed by atoms with Gasteiger partial charge in [-0.25, -0.2) is 0 Å². The number of hydrogen-bond acceptors (Lipinski definition) is 3. The molecule has 0 unspecified atom stereocenters. The molecule has 0 spiro atoms. The van der Waals surface area contributed by atoms with Crippen molar-refractivity contribution in [3.05, 3.63) is 30.1 Å². The molecule has 0 bridgehead atoms. The van der Waals surface area contributed by atoms with Gasteiger partial charge >= 0.3 is 0 Å². The third kappa shape index (κ3) is 3.91.